The van der Waals surface area contributed by atoms with Crippen molar-refractivity contribution in [3.8, 4) is 55.9 Å². The molecule has 0 saturated carbocycles. The lowest BCUT2D eigenvalue weighted by Crippen LogP contribution is -1.96. The maximum absolute atomic E-state index is 2.46. The first-order chi connectivity index (χ1) is 29.7. The topological polar surface area (TPSA) is 9.86 Å². The van der Waals surface area contributed by atoms with Gasteiger partial charge in [-0.15, -0.1) is 0 Å². The number of para-hydroxylation sites is 2. The van der Waals surface area contributed by atoms with Gasteiger partial charge >= 0.3 is 0 Å². The molecule has 9 aromatic carbocycles. The zero-order chi connectivity index (χ0) is 40.0. The average molecular weight is 769 g/mol. The highest BCUT2D eigenvalue weighted by atomic mass is 15.0. The van der Waals surface area contributed by atoms with Crippen molar-refractivity contribution in [1.29, 1.82) is 0 Å². The molecule has 11 aromatic rings. The maximum atomic E-state index is 2.46. The summed E-state index contributed by atoms with van der Waals surface area (Å²) < 4.78 is 4.87. The van der Waals surface area contributed by atoms with Crippen molar-refractivity contribution in [3.05, 3.63) is 218 Å². The van der Waals surface area contributed by atoms with E-state index in [1.54, 1.807) is 0 Å². The average Bonchev–Trinajstić information content (AvgIpc) is 3.84. The lowest BCUT2D eigenvalue weighted by Gasteiger charge is -2.15. The van der Waals surface area contributed by atoms with Gasteiger partial charge in [-0.1, -0.05) is 159 Å². The molecule has 60 heavy (non-hydrogen) atoms. The van der Waals surface area contributed by atoms with Crippen molar-refractivity contribution < 1.29 is 0 Å². The summed E-state index contributed by atoms with van der Waals surface area (Å²) in [6.07, 6.45) is 3.49. The molecule has 286 valence electrons. The zero-order valence-electron chi connectivity index (χ0n) is 33.7. The minimum atomic E-state index is 1.10. The molecule has 0 atom stereocenters. The molecule has 0 aliphatic carbocycles. The van der Waals surface area contributed by atoms with Gasteiger partial charge < -0.3 is 9.13 Å². The van der Waals surface area contributed by atoms with Gasteiger partial charge in [-0.05, 0) is 130 Å². The molecule has 2 aromatic heterocycles. The van der Waals surface area contributed by atoms with E-state index in [0.29, 0.717) is 0 Å². The molecule has 2 heteroatoms. The molecule has 0 fully saturated rings. The summed E-state index contributed by atoms with van der Waals surface area (Å²) in [5, 5.41) is 5.00. The minimum Gasteiger partial charge on any atom is -0.309 e. The molecule has 0 aliphatic rings. The number of hydrogen-bond donors (Lipinski definition) is 0. The summed E-state index contributed by atoms with van der Waals surface area (Å²) >= 11 is 0. The molecule has 0 saturated heterocycles. The van der Waals surface area contributed by atoms with Gasteiger partial charge in [0.25, 0.3) is 0 Å². The number of aryl methyl sites for hydroxylation is 1. The van der Waals surface area contributed by atoms with Crippen LogP contribution < -0.4 is 0 Å². The summed E-state index contributed by atoms with van der Waals surface area (Å²) in [7, 11) is 0. The first kappa shape index (κ1) is 35.7. The Morgan fingerprint density at radius 3 is 1.35 bits per heavy atom. The molecule has 0 radical (unpaired) electrons. The molecular formula is C58H44N2. The first-order valence-electron chi connectivity index (χ1n) is 21.2. The smallest absolute Gasteiger partial charge is 0.0541 e. The summed E-state index contributed by atoms with van der Waals surface area (Å²) in [6.45, 7) is 2.26. The number of unbranched alkanes of at least 4 members (excludes halogenated alkanes) is 1. The standard InChI is InChI=1S/C58H44N2/c1-2-3-15-40-16-14-21-44(34-40)48-35-47(42-19-8-5-9-20-42)36-50(37-48)60-56-25-13-11-23-52(56)54-39-46(29-33-58(54)60)45-28-32-57-53(38-45)51-22-10-12-24-55(51)59(57)49-30-26-43(27-31-49)41-17-6-4-7-18-41/h4-14,16-39H,2-3,15H2,1H3. The van der Waals surface area contributed by atoms with Crippen LogP contribution in [0.15, 0.2) is 212 Å². The highest BCUT2D eigenvalue weighted by Gasteiger charge is 2.18. The molecule has 2 heterocycles. The van der Waals surface area contributed by atoms with E-state index in [-0.39, 0.29) is 0 Å². The quantitative estimate of drug-likeness (QED) is 0.138. The van der Waals surface area contributed by atoms with Crippen LogP contribution in [0.3, 0.4) is 0 Å². The van der Waals surface area contributed by atoms with Crippen LogP contribution in [0.4, 0.5) is 0 Å². The van der Waals surface area contributed by atoms with Crippen molar-refractivity contribution in [2.24, 2.45) is 0 Å². The van der Waals surface area contributed by atoms with Gasteiger partial charge in [0.1, 0.15) is 0 Å². The summed E-state index contributed by atoms with van der Waals surface area (Å²) in [4.78, 5) is 0. The Hall–Kier alpha value is -7.42. The van der Waals surface area contributed by atoms with Gasteiger partial charge in [0.2, 0.25) is 0 Å². The Morgan fingerprint density at radius 1 is 0.300 bits per heavy atom. The van der Waals surface area contributed by atoms with Crippen LogP contribution in [-0.4, -0.2) is 9.13 Å². The molecular weight excluding hydrogens is 725 g/mol. The summed E-state index contributed by atoms with van der Waals surface area (Å²) in [5.74, 6) is 0. The first-order valence-corrected chi connectivity index (χ1v) is 21.2. The van der Waals surface area contributed by atoms with Gasteiger partial charge in [-0.25, -0.2) is 0 Å². The van der Waals surface area contributed by atoms with Crippen molar-refractivity contribution >= 4 is 43.6 Å². The number of benzene rings is 9. The second kappa shape index (κ2) is 15.1. The summed E-state index contributed by atoms with van der Waals surface area (Å²) in [5.41, 5.74) is 18.3. The van der Waals surface area contributed by atoms with E-state index < -0.39 is 0 Å². The lowest BCUT2D eigenvalue weighted by atomic mass is 9.96. The number of aromatic nitrogens is 2. The van der Waals surface area contributed by atoms with E-state index >= 15 is 0 Å². The lowest BCUT2D eigenvalue weighted by molar-refractivity contribution is 0.795. The van der Waals surface area contributed by atoms with Crippen LogP contribution in [0.5, 0.6) is 0 Å². The third-order valence-electron chi connectivity index (χ3n) is 12.3. The van der Waals surface area contributed by atoms with E-state index in [1.807, 2.05) is 0 Å². The number of rotatable bonds is 9. The van der Waals surface area contributed by atoms with Crippen LogP contribution >= 0.6 is 0 Å². The fourth-order valence-electron chi connectivity index (χ4n) is 9.29. The predicted octanol–water partition coefficient (Wildman–Crippen LogP) is 15.9. The van der Waals surface area contributed by atoms with Crippen LogP contribution in [0.1, 0.15) is 25.3 Å². The molecule has 0 aliphatic heterocycles. The second-order valence-electron chi connectivity index (χ2n) is 16.0. The third kappa shape index (κ3) is 6.29. The highest BCUT2D eigenvalue weighted by Crippen LogP contribution is 2.40. The van der Waals surface area contributed by atoms with Gasteiger partial charge in [0.15, 0.2) is 0 Å². The van der Waals surface area contributed by atoms with Crippen LogP contribution in [0.25, 0.3) is 99.5 Å². The third-order valence-corrected chi connectivity index (χ3v) is 12.3. The van der Waals surface area contributed by atoms with Gasteiger partial charge in [-0.3, -0.25) is 0 Å². The highest BCUT2D eigenvalue weighted by molar-refractivity contribution is 6.13. The zero-order valence-corrected chi connectivity index (χ0v) is 33.7. The monoisotopic (exact) mass is 768 g/mol. The normalized spacial score (nSPS) is 11.6. The Morgan fingerprint density at radius 2 is 0.750 bits per heavy atom. The fraction of sp³-hybridized carbons (Fsp3) is 0.0690. The molecule has 0 spiro atoms. The van der Waals surface area contributed by atoms with Gasteiger partial charge in [0.05, 0.1) is 22.1 Å². The maximum Gasteiger partial charge on any atom is 0.0541 e. The van der Waals surface area contributed by atoms with Crippen molar-refractivity contribution in [2.45, 2.75) is 26.2 Å². The van der Waals surface area contributed by atoms with E-state index in [4.69, 9.17) is 0 Å². The van der Waals surface area contributed by atoms with Crippen molar-refractivity contribution in [1.82, 2.24) is 9.13 Å². The van der Waals surface area contributed by atoms with Gasteiger partial charge in [-0.2, -0.15) is 0 Å². The minimum absolute atomic E-state index is 1.10. The van der Waals surface area contributed by atoms with Crippen LogP contribution in [0.2, 0.25) is 0 Å². The van der Waals surface area contributed by atoms with Crippen LogP contribution in [-0.2, 0) is 6.42 Å². The molecule has 0 bridgehead atoms. The second-order valence-corrected chi connectivity index (χ2v) is 16.0. The Kier molecular flexibility index (Phi) is 8.97. The summed E-state index contributed by atoms with van der Waals surface area (Å²) in [6, 6.07) is 78.2. The van der Waals surface area contributed by atoms with Crippen LogP contribution in [0, 0.1) is 0 Å². The molecule has 0 unspecified atom stereocenters. The predicted molar refractivity (Wildman–Crippen MR) is 255 cm³/mol. The Balaban J connectivity index is 1.04. The Labute approximate surface area is 351 Å². The molecule has 0 N–H and O–H groups in total. The van der Waals surface area contributed by atoms with E-state index in [9.17, 15) is 0 Å². The molecule has 11 rings (SSSR count). The molecule has 0 amide bonds. The van der Waals surface area contributed by atoms with E-state index in [1.165, 1.54) is 107 Å². The van der Waals surface area contributed by atoms with Gasteiger partial charge in [0, 0.05) is 32.9 Å². The van der Waals surface area contributed by atoms with E-state index in [0.717, 1.165) is 17.8 Å². The molecule has 2 nitrogen and oxygen atoms in total. The van der Waals surface area contributed by atoms with Crippen molar-refractivity contribution in [2.75, 3.05) is 0 Å². The largest absolute Gasteiger partial charge is 0.309 e. The number of hydrogen-bond acceptors (Lipinski definition) is 0. The Bertz CT molecular complexity index is 3330. The van der Waals surface area contributed by atoms with Crippen molar-refractivity contribution in [3.63, 3.8) is 0 Å². The number of nitrogens with zero attached hydrogens (tertiary/aromatic N) is 2. The van der Waals surface area contributed by atoms with E-state index in [2.05, 4.69) is 228 Å². The number of fused-ring (bicyclic) bond motifs is 6. The fourth-order valence-corrected chi connectivity index (χ4v) is 9.29. The SMILES string of the molecule is CCCCc1cccc(-c2cc(-c3ccccc3)cc(-n3c4ccccc4c4cc(-c5ccc6c(c5)c5ccccc5n6-c5ccc(-c6ccccc6)cc5)ccc43)c2)c1.